The number of hydrogen-bond acceptors (Lipinski definition) is 5. The largest absolute Gasteiger partial charge is 0.495 e. The average Bonchev–Trinajstić information content (AvgIpc) is 2.73. The molecule has 0 saturated heterocycles. The zero-order valence-corrected chi connectivity index (χ0v) is 17.4. The van der Waals surface area contributed by atoms with E-state index in [0.29, 0.717) is 33.3 Å². The molecule has 30 heavy (non-hydrogen) atoms. The molecule has 3 aromatic rings. The Morgan fingerprint density at radius 1 is 1.07 bits per heavy atom. The van der Waals surface area contributed by atoms with Crippen molar-refractivity contribution < 1.29 is 17.9 Å². The number of nitrogens with one attached hydrogen (secondary N) is 3. The van der Waals surface area contributed by atoms with Crippen LogP contribution in [0, 0.1) is 0 Å². The molecule has 0 spiro atoms. The molecule has 0 radical (unpaired) electrons. The van der Waals surface area contributed by atoms with Crippen molar-refractivity contribution in [1.82, 2.24) is 4.72 Å². The fraction of sp³-hybridized carbons (Fsp3) is 0.0952. The van der Waals surface area contributed by atoms with Crippen LogP contribution in [0.25, 0.3) is 0 Å². The van der Waals surface area contributed by atoms with Crippen LogP contribution in [-0.2, 0) is 10.0 Å². The Kier molecular flexibility index (Phi) is 5.38. The van der Waals surface area contributed by atoms with Crippen LogP contribution in [0.15, 0.2) is 71.6 Å². The lowest BCUT2D eigenvalue weighted by atomic mass is 10.1. The van der Waals surface area contributed by atoms with Crippen LogP contribution in [0.4, 0.5) is 11.4 Å². The highest BCUT2D eigenvalue weighted by molar-refractivity contribution is 7.89. The van der Waals surface area contributed by atoms with Crippen molar-refractivity contribution in [2.75, 3.05) is 17.7 Å². The van der Waals surface area contributed by atoms with Crippen LogP contribution in [0.3, 0.4) is 0 Å². The van der Waals surface area contributed by atoms with Gasteiger partial charge in [0, 0.05) is 11.3 Å². The van der Waals surface area contributed by atoms with Crippen LogP contribution < -0.4 is 20.1 Å². The smallest absolute Gasteiger partial charge is 0.255 e. The summed E-state index contributed by atoms with van der Waals surface area (Å²) < 4.78 is 32.6. The van der Waals surface area contributed by atoms with Crippen molar-refractivity contribution in [2.45, 2.75) is 11.1 Å². The van der Waals surface area contributed by atoms with Gasteiger partial charge in [-0.15, -0.1) is 0 Å². The summed E-state index contributed by atoms with van der Waals surface area (Å²) in [6.45, 7) is 0. The first-order valence-electron chi connectivity index (χ1n) is 9.00. The van der Waals surface area contributed by atoms with E-state index in [4.69, 9.17) is 16.3 Å². The standard InChI is InChI=1S/C21H18ClN3O4S/c1-29-18-11-10-15(12-16(18)22)23-21(26)14-8-6-13(7-9-14)20-24-17-4-2-3-5-19(17)30(27,28)25-20/h2-12,20,24-25H,1H3,(H,23,26)/t20-/m1/s1. The number of carbonyl (C=O) groups excluding carboxylic acids is 1. The zero-order valence-electron chi connectivity index (χ0n) is 15.8. The number of fused-ring (bicyclic) bond motifs is 1. The lowest BCUT2D eigenvalue weighted by Gasteiger charge is -2.28. The van der Waals surface area contributed by atoms with Gasteiger partial charge in [-0.2, -0.15) is 4.72 Å². The number of amides is 1. The fourth-order valence-electron chi connectivity index (χ4n) is 3.15. The van der Waals surface area contributed by atoms with Crippen LogP contribution in [0.5, 0.6) is 5.75 Å². The molecule has 1 atom stereocenters. The summed E-state index contributed by atoms with van der Waals surface area (Å²) in [6, 6.07) is 18.3. The number of hydrogen-bond donors (Lipinski definition) is 3. The van der Waals surface area contributed by atoms with Gasteiger partial charge in [-0.25, -0.2) is 8.42 Å². The van der Waals surface area contributed by atoms with Gasteiger partial charge in [-0.3, -0.25) is 4.79 Å². The highest BCUT2D eigenvalue weighted by Gasteiger charge is 2.29. The molecule has 0 fully saturated rings. The van der Waals surface area contributed by atoms with Gasteiger partial charge in [0.25, 0.3) is 5.91 Å². The van der Waals surface area contributed by atoms with E-state index in [9.17, 15) is 13.2 Å². The van der Waals surface area contributed by atoms with E-state index < -0.39 is 16.2 Å². The molecule has 1 aliphatic heterocycles. The number of methoxy groups -OCH3 is 1. The van der Waals surface area contributed by atoms with E-state index in [2.05, 4.69) is 15.4 Å². The van der Waals surface area contributed by atoms with E-state index in [-0.39, 0.29) is 10.8 Å². The number of ether oxygens (including phenoxy) is 1. The summed E-state index contributed by atoms with van der Waals surface area (Å²) in [5, 5.41) is 6.32. The van der Waals surface area contributed by atoms with E-state index in [1.807, 2.05) is 0 Å². The molecule has 0 aliphatic carbocycles. The highest BCUT2D eigenvalue weighted by Crippen LogP contribution is 2.31. The van der Waals surface area contributed by atoms with E-state index in [1.165, 1.54) is 7.11 Å². The second-order valence-corrected chi connectivity index (χ2v) is 8.71. The van der Waals surface area contributed by atoms with Crippen LogP contribution >= 0.6 is 11.6 Å². The molecule has 1 heterocycles. The third-order valence-corrected chi connectivity index (χ3v) is 6.44. The molecule has 0 saturated carbocycles. The summed E-state index contributed by atoms with van der Waals surface area (Å²) in [7, 11) is -2.12. The fourth-order valence-corrected chi connectivity index (χ4v) is 4.71. The topological polar surface area (TPSA) is 96.5 Å². The number of sulfonamides is 1. The summed E-state index contributed by atoms with van der Waals surface area (Å²) in [5.41, 5.74) is 2.16. The monoisotopic (exact) mass is 443 g/mol. The first-order chi connectivity index (χ1) is 14.4. The molecule has 3 N–H and O–H groups in total. The van der Waals surface area contributed by atoms with Crippen LogP contribution in [0.2, 0.25) is 5.02 Å². The zero-order chi connectivity index (χ0) is 21.3. The van der Waals surface area contributed by atoms with Gasteiger partial charge >= 0.3 is 0 Å². The lowest BCUT2D eigenvalue weighted by molar-refractivity contribution is 0.102. The Morgan fingerprint density at radius 2 is 1.80 bits per heavy atom. The van der Waals surface area contributed by atoms with Crippen molar-refractivity contribution >= 4 is 38.9 Å². The SMILES string of the molecule is COc1ccc(NC(=O)c2ccc([C@@H]3Nc4ccccc4S(=O)(=O)N3)cc2)cc1Cl. The van der Waals surface area contributed by atoms with Gasteiger partial charge in [-0.05, 0) is 48.0 Å². The maximum atomic E-state index is 12.5. The minimum Gasteiger partial charge on any atom is -0.495 e. The summed E-state index contributed by atoms with van der Waals surface area (Å²) in [5.74, 6) is 0.202. The lowest BCUT2D eigenvalue weighted by Crippen LogP contribution is -2.38. The molecule has 0 unspecified atom stereocenters. The Bertz CT molecular complexity index is 1210. The Morgan fingerprint density at radius 3 is 2.50 bits per heavy atom. The van der Waals surface area contributed by atoms with E-state index in [1.54, 1.807) is 66.7 Å². The second kappa shape index (κ2) is 7.98. The maximum absolute atomic E-state index is 12.5. The van der Waals surface area contributed by atoms with Gasteiger partial charge in [0.15, 0.2) is 0 Å². The van der Waals surface area contributed by atoms with E-state index >= 15 is 0 Å². The van der Waals surface area contributed by atoms with Crippen molar-refractivity contribution in [1.29, 1.82) is 0 Å². The normalized spacial score (nSPS) is 16.8. The average molecular weight is 444 g/mol. The van der Waals surface area contributed by atoms with Gasteiger partial charge in [0.05, 0.1) is 17.8 Å². The number of carbonyl (C=O) groups is 1. The predicted octanol–water partition coefficient (Wildman–Crippen LogP) is 4.00. The molecule has 4 rings (SSSR count). The summed E-state index contributed by atoms with van der Waals surface area (Å²) in [4.78, 5) is 12.7. The molecule has 1 amide bonds. The molecular formula is C21H18ClN3O4S. The first-order valence-corrected chi connectivity index (χ1v) is 10.9. The molecule has 0 aromatic heterocycles. The third kappa shape index (κ3) is 3.97. The number of para-hydroxylation sites is 1. The van der Waals surface area contributed by atoms with Crippen molar-refractivity contribution in [3.63, 3.8) is 0 Å². The minimum atomic E-state index is -3.63. The molecule has 0 bridgehead atoms. The first kappa shape index (κ1) is 20.2. The molecule has 9 heteroatoms. The van der Waals surface area contributed by atoms with Gasteiger partial charge in [0.1, 0.15) is 16.8 Å². The van der Waals surface area contributed by atoms with Crippen molar-refractivity contribution in [3.8, 4) is 5.75 Å². The molecule has 1 aliphatic rings. The Labute approximate surface area is 179 Å². The maximum Gasteiger partial charge on any atom is 0.255 e. The highest BCUT2D eigenvalue weighted by atomic mass is 35.5. The summed E-state index contributed by atoms with van der Waals surface area (Å²) in [6.07, 6.45) is -0.637. The van der Waals surface area contributed by atoms with Gasteiger partial charge < -0.3 is 15.4 Å². The van der Waals surface area contributed by atoms with Crippen molar-refractivity contribution in [2.24, 2.45) is 0 Å². The summed E-state index contributed by atoms with van der Waals surface area (Å²) >= 11 is 6.09. The number of anilines is 2. The quantitative estimate of drug-likeness (QED) is 0.566. The molecule has 154 valence electrons. The van der Waals surface area contributed by atoms with Crippen molar-refractivity contribution in [3.05, 3.63) is 82.9 Å². The van der Waals surface area contributed by atoms with E-state index in [0.717, 1.165) is 0 Å². The number of halogens is 1. The second-order valence-electron chi connectivity index (χ2n) is 6.62. The number of rotatable bonds is 4. The third-order valence-electron chi connectivity index (χ3n) is 4.67. The number of benzene rings is 3. The van der Waals surface area contributed by atoms with Gasteiger partial charge in [0.2, 0.25) is 10.0 Å². The molecular weight excluding hydrogens is 426 g/mol. The Hall–Kier alpha value is -3.07. The predicted molar refractivity (Wildman–Crippen MR) is 116 cm³/mol. The minimum absolute atomic E-state index is 0.204. The van der Waals surface area contributed by atoms with Crippen LogP contribution in [0.1, 0.15) is 22.1 Å². The Balaban J connectivity index is 1.51. The molecule has 3 aromatic carbocycles. The van der Waals surface area contributed by atoms with Crippen LogP contribution in [-0.4, -0.2) is 21.4 Å². The van der Waals surface area contributed by atoms with Gasteiger partial charge in [-0.1, -0.05) is 35.9 Å². The molecule has 7 nitrogen and oxygen atoms in total.